The van der Waals surface area contributed by atoms with Crippen molar-refractivity contribution in [2.24, 2.45) is 11.8 Å². The van der Waals surface area contributed by atoms with Crippen molar-refractivity contribution in [1.29, 1.82) is 0 Å². The highest BCUT2D eigenvalue weighted by molar-refractivity contribution is 6.07. The van der Waals surface area contributed by atoms with Crippen molar-refractivity contribution in [3.8, 4) is 11.3 Å². The highest BCUT2D eigenvalue weighted by Crippen LogP contribution is 2.39. The number of carbonyl (C=O) groups excluding carboxylic acids is 3. The normalized spacial score (nSPS) is 22.8. The van der Waals surface area contributed by atoms with Gasteiger partial charge in [0.2, 0.25) is 11.8 Å². The maximum atomic E-state index is 12.6. The molecule has 0 N–H and O–H groups in total. The topological polar surface area (TPSA) is 89.7 Å². The first-order valence-corrected chi connectivity index (χ1v) is 9.61. The first kappa shape index (κ1) is 18.4. The van der Waals surface area contributed by atoms with Crippen molar-refractivity contribution in [2.45, 2.75) is 45.3 Å². The van der Waals surface area contributed by atoms with Crippen molar-refractivity contribution < 1.29 is 23.6 Å². The number of likely N-dealkylation sites (tertiary alicyclic amines) is 1. The van der Waals surface area contributed by atoms with Crippen LogP contribution in [-0.2, 0) is 25.7 Å². The molecular formula is C21H22N2O5. The molecule has 1 aromatic carbocycles. The van der Waals surface area contributed by atoms with E-state index in [9.17, 15) is 14.4 Å². The molecule has 2 fully saturated rings. The Morgan fingerprint density at radius 2 is 1.82 bits per heavy atom. The number of nitrogens with zero attached hydrogens (tertiary/aromatic N) is 2. The molecule has 0 spiro atoms. The van der Waals surface area contributed by atoms with E-state index < -0.39 is 12.0 Å². The number of amides is 2. The smallest absolute Gasteiger partial charge is 0.329 e. The summed E-state index contributed by atoms with van der Waals surface area (Å²) in [7, 11) is 0. The predicted molar refractivity (Wildman–Crippen MR) is 98.5 cm³/mol. The fourth-order valence-electron chi connectivity index (χ4n) is 4.06. The highest BCUT2D eigenvalue weighted by Gasteiger charge is 2.51. The monoisotopic (exact) mass is 382 g/mol. The zero-order valence-electron chi connectivity index (χ0n) is 15.7. The lowest BCUT2D eigenvalue weighted by atomic mass is 9.81. The number of fused-ring (bicyclic) bond motifs is 1. The zero-order chi connectivity index (χ0) is 19.7. The predicted octanol–water partition coefficient (Wildman–Crippen LogP) is 2.95. The Bertz CT molecular complexity index is 867. The molecule has 0 unspecified atom stereocenters. The van der Waals surface area contributed by atoms with Crippen molar-refractivity contribution in [2.75, 3.05) is 0 Å². The quantitative estimate of drug-likeness (QED) is 0.583. The van der Waals surface area contributed by atoms with Crippen LogP contribution in [-0.4, -0.2) is 33.9 Å². The summed E-state index contributed by atoms with van der Waals surface area (Å²) in [6.45, 7) is 1.45. The SMILES string of the molecule is C[C@@H](C(=O)OCc1cc(-c2ccccc2)on1)N1C(=O)[C@H]2CCCC[C@@H]2C1=O. The number of imide groups is 1. The molecule has 1 saturated carbocycles. The van der Waals surface area contributed by atoms with Crippen LogP contribution in [0.25, 0.3) is 11.3 Å². The Balaban J connectivity index is 1.38. The molecule has 7 heteroatoms. The van der Waals surface area contributed by atoms with Crippen LogP contribution in [0.2, 0.25) is 0 Å². The van der Waals surface area contributed by atoms with Crippen LogP contribution in [0, 0.1) is 11.8 Å². The summed E-state index contributed by atoms with van der Waals surface area (Å²) < 4.78 is 10.6. The second kappa shape index (κ2) is 7.58. The third-order valence-corrected chi connectivity index (χ3v) is 5.58. The molecule has 3 atom stereocenters. The molecule has 2 aromatic rings. The van der Waals surface area contributed by atoms with Crippen molar-refractivity contribution >= 4 is 17.8 Å². The van der Waals surface area contributed by atoms with E-state index in [0.717, 1.165) is 23.3 Å². The molecule has 2 heterocycles. The third-order valence-electron chi connectivity index (χ3n) is 5.58. The second-order valence-corrected chi connectivity index (χ2v) is 7.38. The maximum Gasteiger partial charge on any atom is 0.329 e. The number of ether oxygens (including phenoxy) is 1. The number of carbonyl (C=O) groups is 3. The number of hydrogen-bond acceptors (Lipinski definition) is 6. The molecule has 146 valence electrons. The van der Waals surface area contributed by atoms with Gasteiger partial charge in [0, 0.05) is 11.6 Å². The molecule has 0 bridgehead atoms. The fraction of sp³-hybridized carbons (Fsp3) is 0.429. The van der Waals surface area contributed by atoms with Crippen LogP contribution in [0.5, 0.6) is 0 Å². The summed E-state index contributed by atoms with van der Waals surface area (Å²) in [5, 5.41) is 3.91. The summed E-state index contributed by atoms with van der Waals surface area (Å²) >= 11 is 0. The maximum absolute atomic E-state index is 12.6. The standard InChI is InChI=1S/C21H22N2O5/c1-13(23-19(24)16-9-5-6-10-17(16)20(23)25)21(26)27-12-15-11-18(28-22-15)14-7-3-2-4-8-14/h2-4,7-8,11,13,16-17H,5-6,9-10,12H2,1H3/t13-,16-,17-/m0/s1. The van der Waals surface area contributed by atoms with E-state index in [0.29, 0.717) is 24.3 Å². The molecule has 1 aliphatic heterocycles. The first-order valence-electron chi connectivity index (χ1n) is 9.61. The first-order chi connectivity index (χ1) is 13.6. The summed E-state index contributed by atoms with van der Waals surface area (Å²) in [6, 6.07) is 10.2. The van der Waals surface area contributed by atoms with Crippen LogP contribution in [0.15, 0.2) is 40.9 Å². The van der Waals surface area contributed by atoms with Gasteiger partial charge in [-0.1, -0.05) is 48.3 Å². The average Bonchev–Trinajstić information content (AvgIpc) is 3.30. The minimum Gasteiger partial charge on any atom is -0.458 e. The van der Waals surface area contributed by atoms with Gasteiger partial charge < -0.3 is 9.26 Å². The fourth-order valence-corrected chi connectivity index (χ4v) is 4.06. The van der Waals surface area contributed by atoms with Gasteiger partial charge in [-0.05, 0) is 19.8 Å². The molecule has 28 heavy (non-hydrogen) atoms. The number of aromatic nitrogens is 1. The Kier molecular flexibility index (Phi) is 4.98. The zero-order valence-corrected chi connectivity index (χ0v) is 15.7. The van der Waals surface area contributed by atoms with Crippen LogP contribution < -0.4 is 0 Å². The summed E-state index contributed by atoms with van der Waals surface area (Å²) in [5.74, 6) is -1.09. The Morgan fingerprint density at radius 3 is 2.46 bits per heavy atom. The summed E-state index contributed by atoms with van der Waals surface area (Å²) in [5.41, 5.74) is 1.34. The van der Waals surface area contributed by atoms with E-state index >= 15 is 0 Å². The van der Waals surface area contributed by atoms with Gasteiger partial charge in [0.05, 0.1) is 11.8 Å². The molecule has 7 nitrogen and oxygen atoms in total. The molecule has 1 aliphatic carbocycles. The Hall–Kier alpha value is -2.96. The van der Waals surface area contributed by atoms with E-state index in [4.69, 9.17) is 9.26 Å². The van der Waals surface area contributed by atoms with E-state index in [1.807, 2.05) is 30.3 Å². The lowest BCUT2D eigenvalue weighted by molar-refractivity contribution is -0.159. The number of esters is 1. The summed E-state index contributed by atoms with van der Waals surface area (Å²) in [4.78, 5) is 38.7. The molecule has 1 saturated heterocycles. The van der Waals surface area contributed by atoms with Crippen molar-refractivity contribution in [1.82, 2.24) is 10.1 Å². The number of hydrogen-bond donors (Lipinski definition) is 0. The van der Waals surface area contributed by atoms with E-state index in [-0.39, 0.29) is 30.3 Å². The molecule has 0 radical (unpaired) electrons. The van der Waals surface area contributed by atoms with Crippen LogP contribution in [0.3, 0.4) is 0 Å². The Morgan fingerprint density at radius 1 is 1.18 bits per heavy atom. The minimum absolute atomic E-state index is 0.0808. The lowest BCUT2D eigenvalue weighted by Gasteiger charge is -2.21. The van der Waals surface area contributed by atoms with E-state index in [1.54, 1.807) is 6.07 Å². The molecule has 2 amide bonds. The van der Waals surface area contributed by atoms with Gasteiger partial charge >= 0.3 is 5.97 Å². The largest absolute Gasteiger partial charge is 0.458 e. The second-order valence-electron chi connectivity index (χ2n) is 7.38. The molecule has 2 aliphatic rings. The number of benzene rings is 1. The van der Waals surface area contributed by atoms with Gasteiger partial charge in [0.15, 0.2) is 5.76 Å². The van der Waals surface area contributed by atoms with Gasteiger partial charge in [-0.15, -0.1) is 0 Å². The Labute approximate surface area is 162 Å². The van der Waals surface area contributed by atoms with Gasteiger partial charge in [0.25, 0.3) is 0 Å². The van der Waals surface area contributed by atoms with Gasteiger partial charge in [-0.25, -0.2) is 4.79 Å². The molecule has 1 aromatic heterocycles. The average molecular weight is 382 g/mol. The van der Waals surface area contributed by atoms with Gasteiger partial charge in [-0.3, -0.25) is 14.5 Å². The third kappa shape index (κ3) is 3.32. The van der Waals surface area contributed by atoms with Gasteiger partial charge in [0.1, 0.15) is 18.3 Å². The molecular weight excluding hydrogens is 360 g/mol. The van der Waals surface area contributed by atoms with Crippen LogP contribution in [0.4, 0.5) is 0 Å². The molecule has 4 rings (SSSR count). The summed E-state index contributed by atoms with van der Waals surface area (Å²) in [6.07, 6.45) is 3.33. The van der Waals surface area contributed by atoms with Crippen molar-refractivity contribution in [3.05, 3.63) is 42.1 Å². The highest BCUT2D eigenvalue weighted by atomic mass is 16.5. The van der Waals surface area contributed by atoms with Crippen LogP contribution >= 0.6 is 0 Å². The van der Waals surface area contributed by atoms with Crippen LogP contribution in [0.1, 0.15) is 38.3 Å². The van der Waals surface area contributed by atoms with E-state index in [2.05, 4.69) is 5.16 Å². The lowest BCUT2D eigenvalue weighted by Crippen LogP contribution is -2.44. The van der Waals surface area contributed by atoms with Crippen molar-refractivity contribution in [3.63, 3.8) is 0 Å². The van der Waals surface area contributed by atoms with E-state index in [1.165, 1.54) is 6.92 Å². The number of rotatable bonds is 5. The van der Waals surface area contributed by atoms with Gasteiger partial charge in [-0.2, -0.15) is 0 Å². The minimum atomic E-state index is -0.939.